The Bertz CT molecular complexity index is 707. The summed E-state index contributed by atoms with van der Waals surface area (Å²) in [5.41, 5.74) is 1.80. The predicted octanol–water partition coefficient (Wildman–Crippen LogP) is 2.24. The number of nitrogens with zero attached hydrogens (tertiary/aromatic N) is 1. The van der Waals surface area contributed by atoms with Crippen molar-refractivity contribution >= 4 is 16.8 Å². The minimum absolute atomic E-state index is 0.0870. The van der Waals surface area contributed by atoms with E-state index in [1.807, 2.05) is 30.5 Å². The van der Waals surface area contributed by atoms with Crippen molar-refractivity contribution in [2.24, 2.45) is 17.8 Å². The molecule has 4 nitrogen and oxygen atoms in total. The van der Waals surface area contributed by atoms with Crippen molar-refractivity contribution in [3.05, 3.63) is 36.0 Å². The number of rotatable bonds is 2. The molecular formula is C18H21N3O. The van der Waals surface area contributed by atoms with Crippen molar-refractivity contribution in [2.75, 3.05) is 19.6 Å². The minimum Gasteiger partial charge on any atom is -0.361 e. The molecule has 2 atom stereocenters. The normalized spacial score (nSPS) is 35.9. The zero-order chi connectivity index (χ0) is 14.7. The van der Waals surface area contributed by atoms with Gasteiger partial charge in [0, 0.05) is 43.0 Å². The van der Waals surface area contributed by atoms with Gasteiger partial charge in [0.25, 0.3) is 5.91 Å². The van der Waals surface area contributed by atoms with Gasteiger partial charge in [-0.25, -0.2) is 0 Å². The third-order valence-corrected chi connectivity index (χ3v) is 5.90. The monoisotopic (exact) mass is 295 g/mol. The molecule has 1 aromatic carbocycles. The van der Waals surface area contributed by atoms with Crippen LogP contribution in [0.4, 0.5) is 0 Å². The fraction of sp³-hybridized carbons (Fsp3) is 0.500. The second-order valence-corrected chi connectivity index (χ2v) is 7.36. The highest BCUT2D eigenvalue weighted by Gasteiger charge is 2.47. The summed E-state index contributed by atoms with van der Waals surface area (Å²) in [7, 11) is 0. The zero-order valence-electron chi connectivity index (χ0n) is 12.6. The van der Waals surface area contributed by atoms with Gasteiger partial charge in [-0.3, -0.25) is 4.79 Å². The summed E-state index contributed by atoms with van der Waals surface area (Å²) in [4.78, 5) is 18.4. The number of fused-ring (bicyclic) bond motifs is 1. The quantitative estimate of drug-likeness (QED) is 0.892. The van der Waals surface area contributed by atoms with Gasteiger partial charge >= 0.3 is 0 Å². The standard InChI is InChI=1S/C18H21N3O/c22-18(13-2-1-12-3-4-19-16(12)7-13)20-17-14-5-11-6-15(17)10-21(8-11)9-14/h1-4,7,11,14-15,17,19H,5-6,8-10H2,(H,20,22)/t11?,14-,15-,17?/m1/s1. The van der Waals surface area contributed by atoms with E-state index >= 15 is 0 Å². The lowest BCUT2D eigenvalue weighted by molar-refractivity contribution is -0.0418. The SMILES string of the molecule is O=C(NC1[C@@H]2CC3C[C@@H]1CN(C3)C2)c1ccc2cc[nH]c2c1. The smallest absolute Gasteiger partial charge is 0.251 e. The Kier molecular flexibility index (Phi) is 2.65. The van der Waals surface area contributed by atoms with Gasteiger partial charge in [-0.15, -0.1) is 0 Å². The average molecular weight is 295 g/mol. The number of hydrogen-bond donors (Lipinski definition) is 2. The Morgan fingerprint density at radius 1 is 1.14 bits per heavy atom. The molecule has 2 N–H and O–H groups in total. The third-order valence-electron chi connectivity index (χ3n) is 5.90. The van der Waals surface area contributed by atoms with Gasteiger partial charge in [0.15, 0.2) is 0 Å². The van der Waals surface area contributed by atoms with E-state index in [-0.39, 0.29) is 5.91 Å². The van der Waals surface area contributed by atoms with Crippen LogP contribution in [0, 0.1) is 17.8 Å². The molecule has 0 unspecified atom stereocenters. The third kappa shape index (κ3) is 1.90. The van der Waals surface area contributed by atoms with Crippen LogP contribution in [0.3, 0.4) is 0 Å². The number of aromatic amines is 1. The number of piperidine rings is 3. The summed E-state index contributed by atoms with van der Waals surface area (Å²) in [5, 5.41) is 4.51. The molecule has 0 radical (unpaired) electrons. The van der Waals surface area contributed by atoms with Crippen LogP contribution in [0.2, 0.25) is 0 Å². The number of nitrogens with one attached hydrogen (secondary N) is 2. The number of hydrogen-bond acceptors (Lipinski definition) is 2. The van der Waals surface area contributed by atoms with Crippen LogP contribution in [0.1, 0.15) is 23.2 Å². The highest BCUT2D eigenvalue weighted by molar-refractivity contribution is 5.98. The van der Waals surface area contributed by atoms with Crippen LogP contribution in [0.15, 0.2) is 30.5 Å². The number of amides is 1. The van der Waals surface area contributed by atoms with E-state index in [1.165, 1.54) is 32.5 Å². The summed E-state index contributed by atoms with van der Waals surface area (Å²) in [6.45, 7) is 3.64. The molecule has 4 heteroatoms. The number of carbonyl (C=O) groups excluding carboxylic acids is 1. The molecule has 114 valence electrons. The molecule has 3 saturated heterocycles. The lowest BCUT2D eigenvalue weighted by Gasteiger charge is -2.55. The molecule has 22 heavy (non-hydrogen) atoms. The van der Waals surface area contributed by atoms with Crippen LogP contribution < -0.4 is 5.32 Å². The Labute approximate surface area is 129 Å². The first-order chi connectivity index (χ1) is 10.8. The molecule has 1 saturated carbocycles. The molecule has 4 heterocycles. The van der Waals surface area contributed by atoms with Crippen molar-refractivity contribution in [1.29, 1.82) is 0 Å². The minimum atomic E-state index is 0.0870. The van der Waals surface area contributed by atoms with Gasteiger partial charge in [0.05, 0.1) is 0 Å². The summed E-state index contributed by atoms with van der Waals surface area (Å²) >= 11 is 0. The number of aromatic nitrogens is 1. The Hall–Kier alpha value is -1.81. The molecule has 1 aromatic heterocycles. The summed E-state index contributed by atoms with van der Waals surface area (Å²) in [6, 6.07) is 8.32. The lowest BCUT2D eigenvalue weighted by Crippen LogP contribution is -2.64. The van der Waals surface area contributed by atoms with Gasteiger partial charge in [0.1, 0.15) is 0 Å². The highest BCUT2D eigenvalue weighted by atomic mass is 16.1. The van der Waals surface area contributed by atoms with E-state index in [4.69, 9.17) is 0 Å². The van der Waals surface area contributed by atoms with E-state index in [0.717, 1.165) is 22.4 Å². The van der Waals surface area contributed by atoms with Gasteiger partial charge in [-0.2, -0.15) is 0 Å². The molecule has 6 rings (SSSR count). The molecule has 1 amide bonds. The maximum atomic E-state index is 12.7. The number of benzene rings is 1. The summed E-state index contributed by atoms with van der Waals surface area (Å²) in [6.07, 6.45) is 4.51. The van der Waals surface area contributed by atoms with Crippen LogP contribution in [0.5, 0.6) is 0 Å². The second-order valence-electron chi connectivity index (χ2n) is 7.36. The first-order valence-electron chi connectivity index (χ1n) is 8.36. The Morgan fingerprint density at radius 3 is 2.73 bits per heavy atom. The fourth-order valence-electron chi connectivity index (χ4n) is 5.07. The van der Waals surface area contributed by atoms with Crippen LogP contribution in [0.25, 0.3) is 10.9 Å². The van der Waals surface area contributed by atoms with Crippen LogP contribution >= 0.6 is 0 Å². The lowest BCUT2D eigenvalue weighted by atomic mass is 9.65. The summed E-state index contributed by atoms with van der Waals surface area (Å²) < 4.78 is 0. The number of H-pyrrole nitrogens is 1. The summed E-state index contributed by atoms with van der Waals surface area (Å²) in [5.74, 6) is 2.28. The van der Waals surface area contributed by atoms with Crippen LogP contribution in [-0.4, -0.2) is 41.5 Å². The van der Waals surface area contributed by atoms with Crippen LogP contribution in [-0.2, 0) is 0 Å². The highest BCUT2D eigenvalue weighted by Crippen LogP contribution is 2.43. The van der Waals surface area contributed by atoms with Crippen molar-refractivity contribution in [3.8, 4) is 0 Å². The van der Waals surface area contributed by atoms with Crippen molar-refractivity contribution in [1.82, 2.24) is 15.2 Å². The van der Waals surface area contributed by atoms with E-state index in [2.05, 4.69) is 15.2 Å². The van der Waals surface area contributed by atoms with Crippen molar-refractivity contribution < 1.29 is 4.79 Å². The maximum Gasteiger partial charge on any atom is 0.251 e. The average Bonchev–Trinajstić information content (AvgIpc) is 2.97. The first kappa shape index (κ1) is 12.7. The van der Waals surface area contributed by atoms with Gasteiger partial charge in [0.2, 0.25) is 0 Å². The Balaban J connectivity index is 1.38. The van der Waals surface area contributed by atoms with E-state index in [9.17, 15) is 4.79 Å². The second kappa shape index (κ2) is 4.59. The Morgan fingerprint density at radius 2 is 1.95 bits per heavy atom. The zero-order valence-corrected chi connectivity index (χ0v) is 12.6. The molecule has 4 fully saturated rings. The largest absolute Gasteiger partial charge is 0.361 e. The van der Waals surface area contributed by atoms with E-state index < -0.39 is 0 Å². The molecule has 1 aliphatic carbocycles. The molecule has 4 bridgehead atoms. The maximum absolute atomic E-state index is 12.7. The van der Waals surface area contributed by atoms with Crippen molar-refractivity contribution in [2.45, 2.75) is 18.9 Å². The number of carbonyl (C=O) groups is 1. The van der Waals surface area contributed by atoms with Gasteiger partial charge in [-0.05, 0) is 54.2 Å². The molecular weight excluding hydrogens is 274 g/mol. The van der Waals surface area contributed by atoms with E-state index in [1.54, 1.807) is 0 Å². The molecule has 3 aliphatic heterocycles. The fourth-order valence-corrected chi connectivity index (χ4v) is 5.07. The topological polar surface area (TPSA) is 48.1 Å². The molecule has 2 aromatic rings. The van der Waals surface area contributed by atoms with Gasteiger partial charge in [-0.1, -0.05) is 6.07 Å². The molecule has 0 spiro atoms. The molecule has 4 aliphatic rings. The predicted molar refractivity (Wildman–Crippen MR) is 85.7 cm³/mol. The van der Waals surface area contributed by atoms with E-state index in [0.29, 0.717) is 17.9 Å². The first-order valence-corrected chi connectivity index (χ1v) is 8.36. The van der Waals surface area contributed by atoms with Gasteiger partial charge < -0.3 is 15.2 Å². The van der Waals surface area contributed by atoms with Crippen molar-refractivity contribution in [3.63, 3.8) is 0 Å².